The number of halogens is 1. The van der Waals surface area contributed by atoms with Crippen molar-refractivity contribution in [3.05, 3.63) is 59.4 Å². The Morgan fingerprint density at radius 2 is 1.79 bits per heavy atom. The predicted octanol–water partition coefficient (Wildman–Crippen LogP) is 4.05. The highest BCUT2D eigenvalue weighted by molar-refractivity contribution is 7.89. The first-order valence-corrected chi connectivity index (χ1v) is 10.8. The Bertz CT molecular complexity index is 981. The highest BCUT2D eigenvalue weighted by Gasteiger charge is 2.32. The van der Waals surface area contributed by atoms with Crippen LogP contribution in [0.2, 0.25) is 0 Å². The van der Waals surface area contributed by atoms with Gasteiger partial charge in [-0.1, -0.05) is 26.0 Å². The van der Waals surface area contributed by atoms with E-state index < -0.39 is 21.7 Å². The summed E-state index contributed by atoms with van der Waals surface area (Å²) < 4.78 is 41.8. The predicted molar refractivity (Wildman–Crippen MR) is 107 cm³/mol. The Kier molecular flexibility index (Phi) is 5.86. The second kappa shape index (κ2) is 8.01. The fraction of sp³-hybridized carbons (Fsp3) is 0.381. The smallest absolute Gasteiger partial charge is 0.258 e. The molecule has 0 spiro atoms. The van der Waals surface area contributed by atoms with E-state index in [9.17, 15) is 17.6 Å². The van der Waals surface area contributed by atoms with E-state index in [0.717, 1.165) is 24.1 Å². The molecule has 0 bridgehead atoms. The summed E-state index contributed by atoms with van der Waals surface area (Å²) in [7, 11) is -3.79. The molecule has 0 radical (unpaired) electrons. The van der Waals surface area contributed by atoms with E-state index in [1.54, 1.807) is 18.2 Å². The number of carbonyl (C=O) groups excluding carboxylic acids is 1. The highest BCUT2D eigenvalue weighted by atomic mass is 32.2. The Hall–Kier alpha value is -2.25. The number of sulfonamides is 1. The van der Waals surface area contributed by atoms with Crippen LogP contribution in [-0.2, 0) is 10.0 Å². The maximum atomic E-state index is 14.3. The van der Waals surface area contributed by atoms with Gasteiger partial charge >= 0.3 is 0 Å². The largest absolute Gasteiger partial charge is 0.322 e. The SMILES string of the molecule is Cc1cccc(NC(=O)c2cc(S(=O)(=O)N3C[C@H](C)C[C@H](C)C3)ccc2F)c1. The number of amides is 1. The van der Waals surface area contributed by atoms with Crippen molar-refractivity contribution in [3.63, 3.8) is 0 Å². The zero-order valence-corrected chi connectivity index (χ0v) is 17.1. The summed E-state index contributed by atoms with van der Waals surface area (Å²) in [5, 5.41) is 2.62. The molecule has 1 fully saturated rings. The van der Waals surface area contributed by atoms with Crippen LogP contribution < -0.4 is 5.32 Å². The molecular formula is C21H25FN2O3S. The summed E-state index contributed by atoms with van der Waals surface area (Å²) in [5.41, 5.74) is 1.18. The van der Waals surface area contributed by atoms with E-state index in [1.807, 2.05) is 26.8 Å². The van der Waals surface area contributed by atoms with Gasteiger partial charge in [-0.25, -0.2) is 12.8 Å². The van der Waals surface area contributed by atoms with Crippen LogP contribution in [0.1, 0.15) is 36.2 Å². The molecule has 2 aromatic carbocycles. The first-order valence-electron chi connectivity index (χ1n) is 9.34. The van der Waals surface area contributed by atoms with Crippen LogP contribution in [-0.4, -0.2) is 31.7 Å². The van der Waals surface area contributed by atoms with Crippen molar-refractivity contribution in [2.45, 2.75) is 32.1 Å². The molecule has 7 heteroatoms. The number of nitrogens with zero attached hydrogens (tertiary/aromatic N) is 1. The molecule has 0 unspecified atom stereocenters. The lowest BCUT2D eigenvalue weighted by atomic mass is 9.94. The summed E-state index contributed by atoms with van der Waals surface area (Å²) in [6.07, 6.45) is 0.972. The van der Waals surface area contributed by atoms with Gasteiger partial charge in [0.15, 0.2) is 0 Å². The van der Waals surface area contributed by atoms with Gasteiger partial charge in [0.05, 0.1) is 10.5 Å². The van der Waals surface area contributed by atoms with E-state index in [0.29, 0.717) is 18.8 Å². The third-order valence-corrected chi connectivity index (χ3v) is 6.76. The molecule has 1 N–H and O–H groups in total. The van der Waals surface area contributed by atoms with Crippen LogP contribution in [0.5, 0.6) is 0 Å². The summed E-state index contributed by atoms with van der Waals surface area (Å²) in [4.78, 5) is 12.5. The Labute approximate surface area is 165 Å². The van der Waals surface area contributed by atoms with Gasteiger partial charge in [-0.05, 0) is 61.1 Å². The van der Waals surface area contributed by atoms with Crippen molar-refractivity contribution in [2.75, 3.05) is 18.4 Å². The average Bonchev–Trinajstić information content (AvgIpc) is 2.61. The highest BCUT2D eigenvalue weighted by Crippen LogP contribution is 2.27. The molecule has 0 saturated carbocycles. The zero-order chi connectivity index (χ0) is 20.5. The monoisotopic (exact) mass is 404 g/mol. The molecule has 1 heterocycles. The number of rotatable bonds is 4. The molecule has 0 aliphatic carbocycles. The molecule has 28 heavy (non-hydrogen) atoms. The molecule has 2 aromatic rings. The van der Waals surface area contributed by atoms with Crippen LogP contribution >= 0.6 is 0 Å². The van der Waals surface area contributed by atoms with E-state index in [-0.39, 0.29) is 22.3 Å². The Balaban J connectivity index is 1.89. The van der Waals surface area contributed by atoms with Crippen LogP contribution in [0, 0.1) is 24.6 Å². The second-order valence-corrected chi connectivity index (χ2v) is 9.67. The van der Waals surface area contributed by atoms with Crippen molar-refractivity contribution in [2.24, 2.45) is 11.8 Å². The lowest BCUT2D eigenvalue weighted by Gasteiger charge is -2.34. The van der Waals surface area contributed by atoms with Gasteiger partial charge in [-0.2, -0.15) is 4.31 Å². The summed E-state index contributed by atoms with van der Waals surface area (Å²) in [6, 6.07) is 10.5. The molecule has 3 rings (SSSR count). The summed E-state index contributed by atoms with van der Waals surface area (Å²) in [5.74, 6) is -0.934. The summed E-state index contributed by atoms with van der Waals surface area (Å²) >= 11 is 0. The maximum absolute atomic E-state index is 14.3. The van der Waals surface area contributed by atoms with Gasteiger partial charge in [-0.15, -0.1) is 0 Å². The normalized spacial score (nSPS) is 20.7. The maximum Gasteiger partial charge on any atom is 0.258 e. The first-order chi connectivity index (χ1) is 13.2. The van der Waals surface area contributed by atoms with Crippen LogP contribution in [0.4, 0.5) is 10.1 Å². The van der Waals surface area contributed by atoms with Gasteiger partial charge in [0, 0.05) is 18.8 Å². The van der Waals surface area contributed by atoms with Gasteiger partial charge < -0.3 is 5.32 Å². The molecule has 1 amide bonds. The van der Waals surface area contributed by atoms with Crippen molar-refractivity contribution in [1.82, 2.24) is 4.31 Å². The van der Waals surface area contributed by atoms with Crippen LogP contribution in [0.3, 0.4) is 0 Å². The lowest BCUT2D eigenvalue weighted by Crippen LogP contribution is -2.42. The Morgan fingerprint density at radius 3 is 2.43 bits per heavy atom. The molecule has 1 aliphatic heterocycles. The fourth-order valence-corrected chi connectivity index (χ4v) is 5.42. The number of hydrogen-bond donors (Lipinski definition) is 1. The van der Waals surface area contributed by atoms with E-state index >= 15 is 0 Å². The number of carbonyl (C=O) groups is 1. The minimum atomic E-state index is -3.79. The molecule has 0 aromatic heterocycles. The molecule has 1 saturated heterocycles. The van der Waals surface area contributed by atoms with E-state index in [1.165, 1.54) is 10.4 Å². The van der Waals surface area contributed by atoms with Crippen molar-refractivity contribution >= 4 is 21.6 Å². The lowest BCUT2D eigenvalue weighted by molar-refractivity contribution is 0.102. The quantitative estimate of drug-likeness (QED) is 0.836. The number of piperidine rings is 1. The zero-order valence-electron chi connectivity index (χ0n) is 16.3. The standard InChI is InChI=1S/C21H25FN2O3S/c1-14-5-4-6-17(10-14)23-21(25)19-11-18(7-8-20(19)22)28(26,27)24-12-15(2)9-16(3)13-24/h4-8,10-11,15-16H,9,12-13H2,1-3H3,(H,23,25)/t15-,16+. The van der Waals surface area contributed by atoms with E-state index in [2.05, 4.69) is 5.32 Å². The number of anilines is 1. The fourth-order valence-electron chi connectivity index (χ4n) is 3.71. The third kappa shape index (κ3) is 4.42. The number of nitrogens with one attached hydrogen (secondary N) is 1. The average molecular weight is 405 g/mol. The van der Waals surface area contributed by atoms with Gasteiger partial charge in [0.25, 0.3) is 5.91 Å². The van der Waals surface area contributed by atoms with Gasteiger partial charge in [0.2, 0.25) is 10.0 Å². The molecule has 2 atom stereocenters. The third-order valence-electron chi connectivity index (χ3n) is 4.93. The van der Waals surface area contributed by atoms with Crippen LogP contribution in [0.15, 0.2) is 47.4 Å². The van der Waals surface area contributed by atoms with Crippen molar-refractivity contribution in [1.29, 1.82) is 0 Å². The second-order valence-electron chi connectivity index (χ2n) is 7.73. The number of benzene rings is 2. The molecular weight excluding hydrogens is 379 g/mol. The van der Waals surface area contributed by atoms with Gasteiger partial charge in [0.1, 0.15) is 5.82 Å². The number of hydrogen-bond acceptors (Lipinski definition) is 3. The molecule has 1 aliphatic rings. The topological polar surface area (TPSA) is 66.5 Å². The van der Waals surface area contributed by atoms with Crippen molar-refractivity contribution < 1.29 is 17.6 Å². The molecule has 150 valence electrons. The molecule has 5 nitrogen and oxygen atoms in total. The minimum Gasteiger partial charge on any atom is -0.322 e. The number of aryl methyl sites for hydroxylation is 1. The Morgan fingerprint density at radius 1 is 1.11 bits per heavy atom. The van der Waals surface area contributed by atoms with Crippen molar-refractivity contribution in [3.8, 4) is 0 Å². The van der Waals surface area contributed by atoms with Crippen LogP contribution in [0.25, 0.3) is 0 Å². The first kappa shape index (κ1) is 20.5. The van der Waals surface area contributed by atoms with E-state index in [4.69, 9.17) is 0 Å². The van der Waals surface area contributed by atoms with Gasteiger partial charge in [-0.3, -0.25) is 4.79 Å². The minimum absolute atomic E-state index is 0.0652. The summed E-state index contributed by atoms with van der Waals surface area (Å²) in [6.45, 7) is 6.76.